The Morgan fingerprint density at radius 1 is 0.971 bits per heavy atom. The van der Waals surface area contributed by atoms with Crippen molar-refractivity contribution in [1.82, 2.24) is 4.90 Å². The number of benzene rings is 3. The molecule has 34 heavy (non-hydrogen) atoms. The summed E-state index contributed by atoms with van der Waals surface area (Å²) in [7, 11) is 0. The predicted octanol–water partition coefficient (Wildman–Crippen LogP) is 6.04. The van der Waals surface area contributed by atoms with Gasteiger partial charge in [0.15, 0.2) is 0 Å². The van der Waals surface area contributed by atoms with Crippen LogP contribution in [0.3, 0.4) is 0 Å². The Morgan fingerprint density at radius 3 is 2.29 bits per heavy atom. The fourth-order valence-corrected chi connectivity index (χ4v) is 4.18. The number of rotatable bonds is 3. The van der Waals surface area contributed by atoms with Gasteiger partial charge in [0.05, 0.1) is 5.69 Å². The molecule has 1 fully saturated rings. The number of hydrogen-bond donors (Lipinski definition) is 1. The van der Waals surface area contributed by atoms with Crippen molar-refractivity contribution in [2.75, 3.05) is 11.9 Å². The van der Waals surface area contributed by atoms with E-state index in [9.17, 15) is 9.18 Å². The Bertz CT molecular complexity index is 1200. The number of Topliss-reactive ketones (excluding diaryl/α,β-unsaturated/α-hetero) is 1. The maximum Gasteiger partial charge on any atom is 0.228 e. The maximum atomic E-state index is 13.5. The molecule has 174 valence electrons. The molecule has 1 atom stereocenters. The molecule has 1 saturated heterocycles. The lowest BCUT2D eigenvalue weighted by Gasteiger charge is -2.33. The number of nitrogens with one attached hydrogen (secondary N) is 1. The molecular weight excluding hydrogens is 427 g/mol. The Hall–Kier alpha value is -3.80. The molecule has 1 aliphatic heterocycles. The van der Waals surface area contributed by atoms with Crippen LogP contribution in [0.15, 0.2) is 82.8 Å². The number of carbonyl (C=O) groups is 1. The summed E-state index contributed by atoms with van der Waals surface area (Å²) in [6, 6.07) is 22.0. The Balaban J connectivity index is 1.85. The summed E-state index contributed by atoms with van der Waals surface area (Å²) in [5.41, 5.74) is 4.61. The number of nitrogens with zero attached hydrogens (tertiary/aromatic N) is 3. The van der Waals surface area contributed by atoms with Crippen molar-refractivity contribution < 1.29 is 9.18 Å². The number of hydrogen-bond acceptors (Lipinski definition) is 2. The SMILES string of the molecule is Cc1cccc(C)c1/C(=N\C(=N/c1ccccc1)N1CCC(=O)CC1C)Nc1ccc(F)cc1. The zero-order valence-electron chi connectivity index (χ0n) is 19.8. The zero-order chi connectivity index (χ0) is 24.1. The lowest BCUT2D eigenvalue weighted by molar-refractivity contribution is -0.121. The highest BCUT2D eigenvalue weighted by atomic mass is 19.1. The third-order valence-electron chi connectivity index (χ3n) is 5.97. The van der Waals surface area contributed by atoms with E-state index in [-0.39, 0.29) is 17.6 Å². The number of amidine groups is 1. The number of aryl methyl sites for hydroxylation is 2. The van der Waals surface area contributed by atoms with E-state index in [2.05, 4.69) is 10.2 Å². The van der Waals surface area contributed by atoms with E-state index in [1.165, 1.54) is 12.1 Å². The molecule has 5 nitrogen and oxygen atoms in total. The fraction of sp³-hybridized carbons (Fsp3) is 0.250. The minimum atomic E-state index is -0.297. The number of para-hydroxylation sites is 1. The standard InChI is InChI=1S/C28H29FN4O/c1-19-8-7-9-20(2)26(19)27(30-24-14-12-22(29)13-15-24)32-28(31-23-10-5-4-6-11-23)33-17-16-25(34)18-21(33)3/h4-15,21H,16-18H2,1-3H3,(H,30,31,32). The fourth-order valence-electron chi connectivity index (χ4n) is 4.18. The number of aliphatic imine (C=N–C) groups is 2. The molecule has 4 rings (SSSR count). The van der Waals surface area contributed by atoms with Crippen LogP contribution >= 0.6 is 0 Å². The molecular formula is C28H29FN4O. The van der Waals surface area contributed by atoms with Crippen LogP contribution < -0.4 is 5.32 Å². The normalized spacial score (nSPS) is 17.1. The van der Waals surface area contributed by atoms with Gasteiger partial charge in [-0.25, -0.2) is 9.38 Å². The molecule has 0 aromatic heterocycles. The van der Waals surface area contributed by atoms with Crippen molar-refractivity contribution in [2.24, 2.45) is 9.98 Å². The minimum Gasteiger partial charge on any atom is -0.340 e. The van der Waals surface area contributed by atoms with Crippen molar-refractivity contribution in [3.05, 3.63) is 95.3 Å². The highest BCUT2D eigenvalue weighted by Gasteiger charge is 2.27. The third-order valence-corrected chi connectivity index (χ3v) is 5.97. The van der Waals surface area contributed by atoms with Crippen LogP contribution in [0.2, 0.25) is 0 Å². The maximum absolute atomic E-state index is 13.5. The zero-order valence-corrected chi connectivity index (χ0v) is 19.8. The number of halogens is 1. The van der Waals surface area contributed by atoms with Gasteiger partial charge in [0, 0.05) is 36.7 Å². The monoisotopic (exact) mass is 456 g/mol. The van der Waals surface area contributed by atoms with E-state index >= 15 is 0 Å². The molecule has 0 radical (unpaired) electrons. The number of carbonyl (C=O) groups excluding carboxylic acids is 1. The number of ketones is 1. The van der Waals surface area contributed by atoms with Gasteiger partial charge in [0.25, 0.3) is 0 Å². The molecule has 1 heterocycles. The van der Waals surface area contributed by atoms with Crippen LogP contribution in [-0.4, -0.2) is 35.1 Å². The molecule has 1 aliphatic rings. The van der Waals surface area contributed by atoms with Gasteiger partial charge in [-0.3, -0.25) is 4.79 Å². The summed E-state index contributed by atoms with van der Waals surface area (Å²) < 4.78 is 13.5. The second-order valence-electron chi connectivity index (χ2n) is 8.64. The second-order valence-corrected chi connectivity index (χ2v) is 8.64. The molecule has 0 bridgehead atoms. The number of guanidine groups is 1. The van der Waals surface area contributed by atoms with Crippen molar-refractivity contribution in [3.63, 3.8) is 0 Å². The van der Waals surface area contributed by atoms with Crippen LogP contribution in [0, 0.1) is 19.7 Å². The summed E-state index contributed by atoms with van der Waals surface area (Å²) in [5, 5.41) is 3.39. The van der Waals surface area contributed by atoms with E-state index < -0.39 is 0 Å². The van der Waals surface area contributed by atoms with E-state index in [1.54, 1.807) is 12.1 Å². The number of anilines is 1. The highest BCUT2D eigenvalue weighted by Crippen LogP contribution is 2.22. The first-order chi connectivity index (χ1) is 16.4. The third kappa shape index (κ3) is 5.57. The first-order valence-electron chi connectivity index (χ1n) is 11.5. The van der Waals surface area contributed by atoms with Crippen molar-refractivity contribution >= 4 is 29.0 Å². The van der Waals surface area contributed by atoms with Gasteiger partial charge >= 0.3 is 0 Å². The van der Waals surface area contributed by atoms with Gasteiger partial charge in [0.2, 0.25) is 5.96 Å². The lowest BCUT2D eigenvalue weighted by atomic mass is 10.0. The van der Waals surface area contributed by atoms with Crippen molar-refractivity contribution in [2.45, 2.75) is 39.7 Å². The first kappa shape index (κ1) is 23.4. The van der Waals surface area contributed by atoms with Crippen LogP contribution in [0.25, 0.3) is 0 Å². The first-order valence-corrected chi connectivity index (χ1v) is 11.5. The number of piperidine rings is 1. The Labute approximate surface area is 200 Å². The molecule has 0 aliphatic carbocycles. The summed E-state index contributed by atoms with van der Waals surface area (Å²) in [5.74, 6) is 1.12. The largest absolute Gasteiger partial charge is 0.340 e. The molecule has 3 aromatic rings. The highest BCUT2D eigenvalue weighted by molar-refractivity contribution is 6.14. The van der Waals surface area contributed by atoms with Gasteiger partial charge in [0.1, 0.15) is 17.4 Å². The van der Waals surface area contributed by atoms with Gasteiger partial charge in [-0.1, -0.05) is 36.4 Å². The molecule has 6 heteroatoms. The van der Waals surface area contributed by atoms with Crippen molar-refractivity contribution in [3.8, 4) is 0 Å². The predicted molar refractivity (Wildman–Crippen MR) is 136 cm³/mol. The molecule has 3 aromatic carbocycles. The van der Waals surface area contributed by atoms with E-state index in [4.69, 9.17) is 9.98 Å². The topological polar surface area (TPSA) is 57.1 Å². The molecule has 1 unspecified atom stereocenters. The molecule has 0 saturated carbocycles. The summed E-state index contributed by atoms with van der Waals surface area (Å²) in [6.45, 7) is 6.67. The summed E-state index contributed by atoms with van der Waals surface area (Å²) in [4.78, 5) is 24.1. The number of likely N-dealkylation sites (tertiary alicyclic amines) is 1. The van der Waals surface area contributed by atoms with Gasteiger partial charge in [-0.2, -0.15) is 4.99 Å². The average molecular weight is 457 g/mol. The average Bonchev–Trinajstić information content (AvgIpc) is 2.81. The van der Waals surface area contributed by atoms with Gasteiger partial charge < -0.3 is 10.2 Å². The minimum absolute atomic E-state index is 0.0162. The molecule has 1 N–H and O–H groups in total. The smallest absolute Gasteiger partial charge is 0.228 e. The van der Waals surface area contributed by atoms with Crippen LogP contribution in [0.1, 0.15) is 36.5 Å². The van der Waals surface area contributed by atoms with Gasteiger partial charge in [-0.15, -0.1) is 0 Å². The Kier molecular flexibility index (Phi) is 7.16. The second kappa shape index (κ2) is 10.4. The molecule has 0 amide bonds. The lowest BCUT2D eigenvalue weighted by Crippen LogP contribution is -2.44. The van der Waals surface area contributed by atoms with Crippen LogP contribution in [0.5, 0.6) is 0 Å². The summed E-state index contributed by atoms with van der Waals surface area (Å²) in [6.07, 6.45) is 0.936. The quantitative estimate of drug-likeness (QED) is 0.386. The van der Waals surface area contributed by atoms with E-state index in [0.717, 1.165) is 28.1 Å². The van der Waals surface area contributed by atoms with Crippen LogP contribution in [0.4, 0.5) is 15.8 Å². The van der Waals surface area contributed by atoms with Crippen LogP contribution in [-0.2, 0) is 4.79 Å². The van der Waals surface area contributed by atoms with E-state index in [1.807, 2.05) is 69.3 Å². The molecule has 0 spiro atoms. The van der Waals surface area contributed by atoms with Gasteiger partial charge in [-0.05, 0) is 68.3 Å². The van der Waals surface area contributed by atoms with E-state index in [0.29, 0.717) is 31.2 Å². The summed E-state index contributed by atoms with van der Waals surface area (Å²) >= 11 is 0. The van der Waals surface area contributed by atoms with Crippen molar-refractivity contribution in [1.29, 1.82) is 0 Å². The Morgan fingerprint density at radius 2 is 1.65 bits per heavy atom.